The van der Waals surface area contributed by atoms with Crippen LogP contribution in [-0.2, 0) is 4.79 Å². The lowest BCUT2D eigenvalue weighted by Gasteiger charge is -2.10. The number of carbonyl (C=O) groups excluding carboxylic acids is 1. The first-order valence-corrected chi connectivity index (χ1v) is 4.50. The third kappa shape index (κ3) is 2.87. The van der Waals surface area contributed by atoms with E-state index in [0.29, 0.717) is 6.07 Å². The summed E-state index contributed by atoms with van der Waals surface area (Å²) in [6.07, 6.45) is 0. The van der Waals surface area contributed by atoms with Gasteiger partial charge in [0.25, 0.3) is 0 Å². The minimum absolute atomic E-state index is 0.207. The molecule has 82 valence electrons. The van der Waals surface area contributed by atoms with Gasteiger partial charge in [0.05, 0.1) is 16.8 Å². The maximum Gasteiger partial charge on any atom is 0.241 e. The van der Waals surface area contributed by atoms with Crippen molar-refractivity contribution in [1.82, 2.24) is 0 Å². The van der Waals surface area contributed by atoms with Crippen molar-refractivity contribution in [3.05, 3.63) is 28.8 Å². The average molecular weight is 235 g/mol. The number of halogens is 3. The monoisotopic (exact) mass is 234 g/mol. The van der Waals surface area contributed by atoms with Crippen molar-refractivity contribution >= 4 is 23.2 Å². The smallest absolute Gasteiger partial charge is 0.241 e. The Bertz CT molecular complexity index is 373. The highest BCUT2D eigenvalue weighted by atomic mass is 35.5. The molecule has 1 aromatic carbocycles. The van der Waals surface area contributed by atoms with Crippen molar-refractivity contribution in [3.63, 3.8) is 0 Å². The van der Waals surface area contributed by atoms with Crippen molar-refractivity contribution in [2.45, 2.75) is 13.0 Å². The third-order valence-corrected chi connectivity index (χ3v) is 1.97. The summed E-state index contributed by atoms with van der Waals surface area (Å²) in [5.74, 6) is -2.34. The molecule has 0 saturated heterocycles. The number of carbonyl (C=O) groups is 1. The summed E-state index contributed by atoms with van der Waals surface area (Å²) in [5.41, 5.74) is 5.00. The lowest BCUT2D eigenvalue weighted by atomic mass is 10.2. The Hall–Kier alpha value is -1.20. The van der Waals surface area contributed by atoms with E-state index in [2.05, 4.69) is 5.32 Å². The summed E-state index contributed by atoms with van der Waals surface area (Å²) < 4.78 is 25.8. The third-order valence-electron chi connectivity index (χ3n) is 1.67. The Morgan fingerprint density at radius 1 is 1.53 bits per heavy atom. The number of hydrogen-bond acceptors (Lipinski definition) is 2. The van der Waals surface area contributed by atoms with Crippen molar-refractivity contribution in [2.24, 2.45) is 5.73 Å². The Morgan fingerprint density at radius 3 is 2.60 bits per heavy atom. The molecule has 6 heteroatoms. The van der Waals surface area contributed by atoms with E-state index >= 15 is 0 Å². The van der Waals surface area contributed by atoms with E-state index in [9.17, 15) is 13.6 Å². The fourth-order valence-corrected chi connectivity index (χ4v) is 1.14. The lowest BCUT2D eigenvalue weighted by Crippen LogP contribution is -2.32. The van der Waals surface area contributed by atoms with Crippen LogP contribution in [0.25, 0.3) is 0 Å². The Balaban J connectivity index is 3.00. The van der Waals surface area contributed by atoms with Crippen LogP contribution in [0.3, 0.4) is 0 Å². The van der Waals surface area contributed by atoms with Crippen LogP contribution in [0.1, 0.15) is 6.92 Å². The zero-order chi connectivity index (χ0) is 11.6. The molecule has 0 aliphatic carbocycles. The minimum atomic E-state index is -0.936. The number of rotatable bonds is 2. The summed E-state index contributed by atoms with van der Waals surface area (Å²) in [7, 11) is 0. The number of benzene rings is 1. The van der Waals surface area contributed by atoms with E-state index in [4.69, 9.17) is 17.3 Å². The second-order valence-corrected chi connectivity index (χ2v) is 3.43. The van der Waals surface area contributed by atoms with Gasteiger partial charge in [-0.2, -0.15) is 0 Å². The standard InChI is InChI=1S/C9H9ClF2N2O/c1-4(13)9(15)14-8-6(10)2-5(11)3-7(8)12/h2-4H,13H2,1H3,(H,14,15)/t4-/m0/s1. The van der Waals surface area contributed by atoms with Crippen LogP contribution in [0.5, 0.6) is 0 Å². The molecule has 0 aliphatic rings. The van der Waals surface area contributed by atoms with Gasteiger partial charge in [-0.25, -0.2) is 8.78 Å². The normalized spacial score (nSPS) is 12.3. The molecule has 1 rings (SSSR count). The van der Waals surface area contributed by atoms with Crippen LogP contribution in [-0.4, -0.2) is 11.9 Å². The van der Waals surface area contributed by atoms with Gasteiger partial charge >= 0.3 is 0 Å². The van der Waals surface area contributed by atoms with Crippen LogP contribution in [0, 0.1) is 11.6 Å². The topological polar surface area (TPSA) is 55.1 Å². The number of anilines is 1. The maximum atomic E-state index is 13.2. The quantitative estimate of drug-likeness (QED) is 0.821. The maximum absolute atomic E-state index is 13.2. The first-order valence-electron chi connectivity index (χ1n) is 4.13. The first-order chi connectivity index (χ1) is 6.91. The van der Waals surface area contributed by atoms with Gasteiger partial charge in [0, 0.05) is 6.07 Å². The fraction of sp³-hybridized carbons (Fsp3) is 0.222. The molecule has 0 saturated carbocycles. The van der Waals surface area contributed by atoms with Gasteiger partial charge in [-0.05, 0) is 13.0 Å². The van der Waals surface area contributed by atoms with Gasteiger partial charge in [-0.15, -0.1) is 0 Å². The summed E-state index contributed by atoms with van der Waals surface area (Å²) >= 11 is 5.55. The van der Waals surface area contributed by atoms with Gasteiger partial charge < -0.3 is 11.1 Å². The SMILES string of the molecule is C[C@H](N)C(=O)Nc1c(F)cc(F)cc1Cl. The first kappa shape index (κ1) is 11.9. The Kier molecular flexibility index (Phi) is 3.60. The molecule has 15 heavy (non-hydrogen) atoms. The minimum Gasteiger partial charge on any atom is -0.321 e. The highest BCUT2D eigenvalue weighted by molar-refractivity contribution is 6.33. The zero-order valence-electron chi connectivity index (χ0n) is 7.85. The van der Waals surface area contributed by atoms with Gasteiger partial charge in [0.15, 0.2) is 5.82 Å². The molecule has 0 spiro atoms. The number of nitrogens with two attached hydrogens (primary N) is 1. The summed E-state index contributed by atoms with van der Waals surface area (Å²) in [6, 6.07) is 0.731. The molecule has 0 aliphatic heterocycles. The highest BCUT2D eigenvalue weighted by Gasteiger charge is 2.14. The molecule has 3 nitrogen and oxygen atoms in total. The largest absolute Gasteiger partial charge is 0.321 e. The summed E-state index contributed by atoms with van der Waals surface area (Å²) in [6.45, 7) is 1.44. The predicted molar refractivity (Wildman–Crippen MR) is 53.6 cm³/mol. The molecule has 3 N–H and O–H groups in total. The van der Waals surface area contributed by atoms with Crippen molar-refractivity contribution < 1.29 is 13.6 Å². The molecule has 0 unspecified atom stereocenters. The highest BCUT2D eigenvalue weighted by Crippen LogP contribution is 2.26. The van der Waals surface area contributed by atoms with Crippen LogP contribution in [0.4, 0.5) is 14.5 Å². The van der Waals surface area contributed by atoms with E-state index in [-0.39, 0.29) is 10.7 Å². The predicted octanol–water partition coefficient (Wildman–Crippen LogP) is 1.90. The average Bonchev–Trinajstić information content (AvgIpc) is 2.10. The molecule has 0 aromatic heterocycles. The van der Waals surface area contributed by atoms with Crippen LogP contribution < -0.4 is 11.1 Å². The number of nitrogens with one attached hydrogen (secondary N) is 1. The molecular weight excluding hydrogens is 226 g/mol. The lowest BCUT2D eigenvalue weighted by molar-refractivity contribution is -0.117. The summed E-state index contributed by atoms with van der Waals surface area (Å²) in [5, 5.41) is 1.96. The molecule has 0 bridgehead atoms. The summed E-state index contributed by atoms with van der Waals surface area (Å²) in [4.78, 5) is 11.1. The Morgan fingerprint density at radius 2 is 2.13 bits per heavy atom. The van der Waals surface area contributed by atoms with Crippen molar-refractivity contribution in [3.8, 4) is 0 Å². The van der Waals surface area contributed by atoms with E-state index < -0.39 is 23.6 Å². The van der Waals surface area contributed by atoms with Crippen molar-refractivity contribution in [1.29, 1.82) is 0 Å². The van der Waals surface area contributed by atoms with E-state index in [1.165, 1.54) is 6.92 Å². The molecule has 0 heterocycles. The molecule has 1 aromatic rings. The van der Waals surface area contributed by atoms with Gasteiger partial charge in [0.1, 0.15) is 5.82 Å². The van der Waals surface area contributed by atoms with E-state index in [0.717, 1.165) is 6.07 Å². The van der Waals surface area contributed by atoms with Crippen LogP contribution in [0.15, 0.2) is 12.1 Å². The van der Waals surface area contributed by atoms with E-state index in [1.54, 1.807) is 0 Å². The van der Waals surface area contributed by atoms with Crippen LogP contribution in [0.2, 0.25) is 5.02 Å². The molecule has 1 atom stereocenters. The van der Waals surface area contributed by atoms with Crippen molar-refractivity contribution in [2.75, 3.05) is 5.32 Å². The molecule has 0 radical (unpaired) electrons. The number of hydrogen-bond donors (Lipinski definition) is 2. The molecule has 0 fully saturated rings. The van der Waals surface area contributed by atoms with Gasteiger partial charge in [-0.3, -0.25) is 4.79 Å². The number of amides is 1. The fourth-order valence-electron chi connectivity index (χ4n) is 0.899. The van der Waals surface area contributed by atoms with Gasteiger partial charge in [-0.1, -0.05) is 11.6 Å². The molecule has 1 amide bonds. The second kappa shape index (κ2) is 4.55. The Labute approximate surface area is 90.2 Å². The molecular formula is C9H9ClF2N2O. The zero-order valence-corrected chi connectivity index (χ0v) is 8.61. The van der Waals surface area contributed by atoms with Gasteiger partial charge in [0.2, 0.25) is 5.91 Å². The van der Waals surface area contributed by atoms with E-state index in [1.807, 2.05) is 0 Å². The second-order valence-electron chi connectivity index (χ2n) is 3.02. The van der Waals surface area contributed by atoms with Crippen LogP contribution >= 0.6 is 11.6 Å².